The van der Waals surface area contributed by atoms with Gasteiger partial charge in [0, 0.05) is 12.2 Å². The summed E-state index contributed by atoms with van der Waals surface area (Å²) in [4.78, 5) is 43.0. The van der Waals surface area contributed by atoms with Gasteiger partial charge in [-0.25, -0.2) is 4.79 Å². The zero-order valence-electron chi connectivity index (χ0n) is 25.7. The second-order valence-corrected chi connectivity index (χ2v) is 11.8. The van der Waals surface area contributed by atoms with Crippen LogP contribution in [0.15, 0.2) is 60.7 Å². The van der Waals surface area contributed by atoms with Crippen molar-refractivity contribution >= 4 is 34.4 Å². The van der Waals surface area contributed by atoms with E-state index in [1.807, 2.05) is 95.3 Å². The number of amides is 3. The fraction of sp³-hybridized carbons (Fsp3) is 0.441. The van der Waals surface area contributed by atoms with Crippen LogP contribution in [0.1, 0.15) is 77.1 Å². The fourth-order valence-corrected chi connectivity index (χ4v) is 4.90. The van der Waals surface area contributed by atoms with Crippen LogP contribution in [0.2, 0.25) is 0 Å². The van der Waals surface area contributed by atoms with E-state index < -0.39 is 23.8 Å². The van der Waals surface area contributed by atoms with Crippen LogP contribution >= 0.6 is 0 Å². The quantitative estimate of drug-likeness (QED) is 0.273. The third-order valence-corrected chi connectivity index (χ3v) is 7.42. The normalized spacial score (nSPS) is 13.7. The van der Waals surface area contributed by atoms with Crippen LogP contribution < -0.4 is 10.6 Å². The van der Waals surface area contributed by atoms with Crippen molar-refractivity contribution in [1.82, 2.24) is 10.2 Å². The van der Waals surface area contributed by atoms with Gasteiger partial charge >= 0.3 is 6.09 Å². The molecule has 0 radical (unpaired) electrons. The lowest BCUT2D eigenvalue weighted by Gasteiger charge is -2.36. The third kappa shape index (κ3) is 8.09. The summed E-state index contributed by atoms with van der Waals surface area (Å²) in [5, 5.41) is 7.98. The van der Waals surface area contributed by atoms with E-state index in [-0.39, 0.29) is 17.7 Å². The Balaban J connectivity index is 2.06. The SMILES string of the molecule is CCCN(C(=O)C(NC(=O)OC(C)(C)C)C(C)CC)C(C(=O)Nc1ccc2ccccc2c1)c1cccc(C)c1C. The lowest BCUT2D eigenvalue weighted by Crippen LogP contribution is -2.55. The Morgan fingerprint density at radius 1 is 0.927 bits per heavy atom. The number of rotatable bonds is 10. The average molecular weight is 560 g/mol. The first-order chi connectivity index (χ1) is 19.4. The first-order valence-electron chi connectivity index (χ1n) is 14.5. The van der Waals surface area contributed by atoms with Crippen LogP contribution in [-0.2, 0) is 14.3 Å². The molecule has 0 aliphatic rings. The molecule has 0 aliphatic carbocycles. The Labute approximate surface area is 244 Å². The Hall–Kier alpha value is -3.87. The number of ether oxygens (including phenoxy) is 1. The number of anilines is 1. The molecule has 3 aromatic carbocycles. The zero-order chi connectivity index (χ0) is 30.3. The molecule has 0 spiro atoms. The molecule has 220 valence electrons. The number of hydrogen-bond donors (Lipinski definition) is 2. The molecular weight excluding hydrogens is 514 g/mol. The van der Waals surface area contributed by atoms with Gasteiger partial charge < -0.3 is 20.3 Å². The van der Waals surface area contributed by atoms with E-state index in [2.05, 4.69) is 10.6 Å². The molecule has 0 saturated carbocycles. The maximum Gasteiger partial charge on any atom is 0.408 e. The molecule has 0 saturated heterocycles. The summed E-state index contributed by atoms with van der Waals surface area (Å²) in [6.07, 6.45) is 0.635. The Bertz CT molecular complexity index is 1380. The molecule has 0 aliphatic heterocycles. The molecule has 0 heterocycles. The number of hydrogen-bond acceptors (Lipinski definition) is 4. The van der Waals surface area contributed by atoms with E-state index >= 15 is 0 Å². The van der Waals surface area contributed by atoms with Gasteiger partial charge in [-0.2, -0.15) is 0 Å². The smallest absolute Gasteiger partial charge is 0.408 e. The summed E-state index contributed by atoms with van der Waals surface area (Å²) in [5.41, 5.74) is 2.67. The molecule has 7 nitrogen and oxygen atoms in total. The van der Waals surface area contributed by atoms with Gasteiger partial charge in [-0.3, -0.25) is 9.59 Å². The Morgan fingerprint density at radius 3 is 2.24 bits per heavy atom. The van der Waals surface area contributed by atoms with E-state index in [1.165, 1.54) is 0 Å². The molecule has 3 amide bonds. The summed E-state index contributed by atoms with van der Waals surface area (Å²) < 4.78 is 5.49. The van der Waals surface area contributed by atoms with Crippen molar-refractivity contribution < 1.29 is 19.1 Å². The van der Waals surface area contributed by atoms with Gasteiger partial charge in [-0.15, -0.1) is 0 Å². The highest BCUT2D eigenvalue weighted by atomic mass is 16.6. The Kier molecular flexibility index (Phi) is 10.5. The van der Waals surface area contributed by atoms with E-state index in [0.29, 0.717) is 25.1 Å². The molecule has 0 aromatic heterocycles. The predicted molar refractivity (Wildman–Crippen MR) is 166 cm³/mol. The summed E-state index contributed by atoms with van der Waals surface area (Å²) in [6.45, 7) is 15.5. The molecule has 3 unspecified atom stereocenters. The van der Waals surface area contributed by atoms with Gasteiger partial charge in [-0.1, -0.05) is 75.7 Å². The van der Waals surface area contributed by atoms with Crippen LogP contribution in [0.4, 0.5) is 10.5 Å². The van der Waals surface area contributed by atoms with Crippen LogP contribution in [0, 0.1) is 19.8 Å². The largest absolute Gasteiger partial charge is 0.444 e. The van der Waals surface area contributed by atoms with Gasteiger partial charge in [0.1, 0.15) is 17.7 Å². The van der Waals surface area contributed by atoms with Crippen molar-refractivity contribution in [2.45, 2.75) is 85.9 Å². The summed E-state index contributed by atoms with van der Waals surface area (Å²) in [7, 11) is 0. The molecule has 3 aromatic rings. The monoisotopic (exact) mass is 559 g/mol. The number of aryl methyl sites for hydroxylation is 1. The lowest BCUT2D eigenvalue weighted by atomic mass is 9.92. The topological polar surface area (TPSA) is 87.7 Å². The van der Waals surface area contributed by atoms with E-state index in [1.54, 1.807) is 25.7 Å². The van der Waals surface area contributed by atoms with Crippen LogP contribution in [0.3, 0.4) is 0 Å². The minimum absolute atomic E-state index is 0.183. The predicted octanol–water partition coefficient (Wildman–Crippen LogP) is 7.31. The molecule has 7 heteroatoms. The second kappa shape index (κ2) is 13.7. The number of carbonyl (C=O) groups is 3. The number of alkyl carbamates (subject to hydrolysis) is 1. The molecule has 2 N–H and O–H groups in total. The van der Waals surface area contributed by atoms with E-state index in [0.717, 1.165) is 27.5 Å². The maximum atomic E-state index is 14.4. The first kappa shape index (κ1) is 31.7. The molecule has 0 bridgehead atoms. The maximum absolute atomic E-state index is 14.4. The molecule has 41 heavy (non-hydrogen) atoms. The minimum atomic E-state index is -0.902. The van der Waals surface area contributed by atoms with Crippen molar-refractivity contribution in [2.24, 2.45) is 5.92 Å². The van der Waals surface area contributed by atoms with Crippen molar-refractivity contribution in [3.63, 3.8) is 0 Å². The third-order valence-electron chi connectivity index (χ3n) is 7.42. The summed E-state index contributed by atoms with van der Waals surface area (Å²) in [5.74, 6) is -0.806. The van der Waals surface area contributed by atoms with Crippen LogP contribution in [0.25, 0.3) is 10.8 Å². The summed E-state index contributed by atoms with van der Waals surface area (Å²) in [6, 6.07) is 17.8. The van der Waals surface area contributed by atoms with Gasteiger partial charge in [0.05, 0.1) is 0 Å². The van der Waals surface area contributed by atoms with Gasteiger partial charge in [0.15, 0.2) is 0 Å². The van der Waals surface area contributed by atoms with Gasteiger partial charge in [-0.05, 0) is 86.6 Å². The highest BCUT2D eigenvalue weighted by molar-refractivity contribution is 6.00. The number of nitrogens with one attached hydrogen (secondary N) is 2. The molecular formula is C34H45N3O4. The number of benzene rings is 3. The van der Waals surface area contributed by atoms with E-state index in [4.69, 9.17) is 4.74 Å². The van der Waals surface area contributed by atoms with Gasteiger partial charge in [0.2, 0.25) is 5.91 Å². The van der Waals surface area contributed by atoms with Gasteiger partial charge in [0.25, 0.3) is 5.91 Å². The van der Waals surface area contributed by atoms with Crippen molar-refractivity contribution in [1.29, 1.82) is 0 Å². The van der Waals surface area contributed by atoms with Crippen molar-refractivity contribution in [3.8, 4) is 0 Å². The highest BCUT2D eigenvalue weighted by Gasteiger charge is 2.38. The number of nitrogens with zero attached hydrogens (tertiary/aromatic N) is 1. The van der Waals surface area contributed by atoms with Crippen LogP contribution in [0.5, 0.6) is 0 Å². The van der Waals surface area contributed by atoms with Crippen molar-refractivity contribution in [2.75, 3.05) is 11.9 Å². The number of carbonyl (C=O) groups excluding carboxylic acids is 3. The van der Waals surface area contributed by atoms with Crippen LogP contribution in [-0.4, -0.2) is 41.0 Å². The standard InChI is InChI=1S/C34H45N3O4/c1-9-20-37(32(39)29(22(3)10-2)36-33(40)41-34(6,7)8)30(28-17-13-14-23(4)24(28)5)31(38)35-27-19-18-25-15-11-12-16-26(25)21-27/h11-19,21-22,29-30H,9-10,20H2,1-8H3,(H,35,38)(H,36,40). The summed E-state index contributed by atoms with van der Waals surface area (Å²) >= 11 is 0. The second-order valence-electron chi connectivity index (χ2n) is 11.8. The zero-order valence-corrected chi connectivity index (χ0v) is 25.7. The van der Waals surface area contributed by atoms with E-state index in [9.17, 15) is 14.4 Å². The first-order valence-corrected chi connectivity index (χ1v) is 14.5. The molecule has 0 fully saturated rings. The number of fused-ring (bicyclic) bond motifs is 1. The molecule has 3 atom stereocenters. The molecule has 3 rings (SSSR count). The minimum Gasteiger partial charge on any atom is -0.444 e. The fourth-order valence-electron chi connectivity index (χ4n) is 4.90. The Morgan fingerprint density at radius 2 is 1.61 bits per heavy atom. The average Bonchev–Trinajstić information content (AvgIpc) is 2.91. The van der Waals surface area contributed by atoms with Crippen molar-refractivity contribution in [3.05, 3.63) is 77.4 Å². The lowest BCUT2D eigenvalue weighted by molar-refractivity contribution is -0.142. The highest BCUT2D eigenvalue weighted by Crippen LogP contribution is 2.30.